The molecular formula is C24H30N2O3. The van der Waals surface area contributed by atoms with E-state index in [1.165, 1.54) is 25.7 Å². The number of methoxy groups -OCH3 is 1. The summed E-state index contributed by atoms with van der Waals surface area (Å²) in [6.45, 7) is 5.72. The molecule has 1 aliphatic heterocycles. The summed E-state index contributed by atoms with van der Waals surface area (Å²) >= 11 is 0. The number of benzene rings is 2. The maximum Gasteiger partial charge on any atom is 0.262 e. The number of amides is 1. The maximum atomic E-state index is 12.5. The summed E-state index contributed by atoms with van der Waals surface area (Å²) in [5.41, 5.74) is 2.99. The molecule has 0 radical (unpaired) electrons. The van der Waals surface area contributed by atoms with Gasteiger partial charge in [-0.15, -0.1) is 6.58 Å². The van der Waals surface area contributed by atoms with Crippen molar-refractivity contribution < 1.29 is 14.3 Å². The van der Waals surface area contributed by atoms with E-state index < -0.39 is 0 Å². The van der Waals surface area contributed by atoms with Crippen LogP contribution in [0.2, 0.25) is 0 Å². The minimum Gasteiger partial charge on any atom is -0.493 e. The topological polar surface area (TPSA) is 50.8 Å². The first-order valence-electron chi connectivity index (χ1n) is 10.3. The second-order valence-corrected chi connectivity index (χ2v) is 7.23. The molecule has 154 valence electrons. The lowest BCUT2D eigenvalue weighted by molar-refractivity contribution is -0.118. The molecule has 1 fully saturated rings. The van der Waals surface area contributed by atoms with E-state index in [1.807, 2.05) is 42.5 Å². The van der Waals surface area contributed by atoms with Crippen molar-refractivity contribution in [3.8, 4) is 11.5 Å². The fourth-order valence-corrected chi connectivity index (χ4v) is 3.62. The van der Waals surface area contributed by atoms with Crippen molar-refractivity contribution in [2.45, 2.75) is 32.1 Å². The Bertz CT molecular complexity index is 827. The maximum absolute atomic E-state index is 12.5. The van der Waals surface area contributed by atoms with Gasteiger partial charge < -0.3 is 19.7 Å². The highest BCUT2D eigenvalue weighted by Gasteiger charge is 2.15. The van der Waals surface area contributed by atoms with Gasteiger partial charge in [-0.1, -0.05) is 37.1 Å². The molecule has 5 heteroatoms. The number of para-hydroxylation sites is 2. The fourth-order valence-electron chi connectivity index (χ4n) is 3.62. The lowest BCUT2D eigenvalue weighted by Gasteiger charge is -2.25. The Morgan fingerprint density at radius 2 is 1.86 bits per heavy atom. The van der Waals surface area contributed by atoms with Gasteiger partial charge in [0.1, 0.15) is 0 Å². The van der Waals surface area contributed by atoms with Crippen LogP contribution in [0.25, 0.3) is 0 Å². The summed E-state index contributed by atoms with van der Waals surface area (Å²) in [5.74, 6) is 0.975. The van der Waals surface area contributed by atoms with Gasteiger partial charge >= 0.3 is 0 Å². The van der Waals surface area contributed by atoms with Gasteiger partial charge in [0, 0.05) is 13.1 Å². The quantitative estimate of drug-likeness (QED) is 0.652. The van der Waals surface area contributed by atoms with Gasteiger partial charge in [-0.25, -0.2) is 0 Å². The molecule has 0 saturated carbocycles. The van der Waals surface area contributed by atoms with Crippen LogP contribution in [0.4, 0.5) is 11.4 Å². The number of ether oxygens (including phenoxy) is 2. The Balaban J connectivity index is 1.63. The highest BCUT2D eigenvalue weighted by molar-refractivity contribution is 5.95. The molecule has 0 aliphatic carbocycles. The first kappa shape index (κ1) is 20.8. The van der Waals surface area contributed by atoms with Gasteiger partial charge in [0.2, 0.25) is 0 Å². The molecule has 1 N–H and O–H groups in total. The van der Waals surface area contributed by atoms with Crippen molar-refractivity contribution in [2.24, 2.45) is 0 Å². The molecule has 0 spiro atoms. The predicted octanol–water partition coefficient (Wildman–Crippen LogP) is 4.82. The zero-order valence-corrected chi connectivity index (χ0v) is 17.2. The smallest absolute Gasteiger partial charge is 0.262 e. The zero-order valence-electron chi connectivity index (χ0n) is 17.2. The number of hydrogen-bond donors (Lipinski definition) is 1. The summed E-state index contributed by atoms with van der Waals surface area (Å²) in [5, 5.41) is 3.01. The normalized spacial score (nSPS) is 14.0. The Hall–Kier alpha value is -2.95. The molecule has 3 rings (SSSR count). The van der Waals surface area contributed by atoms with E-state index >= 15 is 0 Å². The molecule has 1 saturated heterocycles. The third-order valence-corrected chi connectivity index (χ3v) is 5.09. The highest BCUT2D eigenvalue weighted by Crippen LogP contribution is 2.30. The molecule has 29 heavy (non-hydrogen) atoms. The van der Waals surface area contributed by atoms with Gasteiger partial charge in [-0.05, 0) is 49.1 Å². The van der Waals surface area contributed by atoms with Crippen molar-refractivity contribution in [3.63, 3.8) is 0 Å². The third kappa shape index (κ3) is 5.76. The minimum atomic E-state index is -0.190. The number of hydrogen-bond acceptors (Lipinski definition) is 4. The van der Waals surface area contributed by atoms with Crippen molar-refractivity contribution in [2.75, 3.05) is 37.0 Å². The molecule has 1 aliphatic rings. The van der Waals surface area contributed by atoms with Crippen LogP contribution in [0.5, 0.6) is 11.5 Å². The van der Waals surface area contributed by atoms with Crippen LogP contribution in [0.1, 0.15) is 31.2 Å². The number of nitrogens with one attached hydrogen (secondary N) is 1. The molecule has 1 heterocycles. The second-order valence-electron chi connectivity index (χ2n) is 7.23. The predicted molar refractivity (Wildman–Crippen MR) is 118 cm³/mol. The van der Waals surface area contributed by atoms with Crippen LogP contribution in [-0.2, 0) is 11.2 Å². The first-order chi connectivity index (χ1) is 14.2. The van der Waals surface area contributed by atoms with Crippen LogP contribution in [-0.4, -0.2) is 32.7 Å². The monoisotopic (exact) mass is 394 g/mol. The number of allylic oxidation sites excluding steroid dienone is 1. The van der Waals surface area contributed by atoms with Crippen LogP contribution in [0.3, 0.4) is 0 Å². The molecule has 1 amide bonds. The van der Waals surface area contributed by atoms with Crippen molar-refractivity contribution in [1.29, 1.82) is 0 Å². The fraction of sp³-hybridized carbons (Fsp3) is 0.375. The first-order valence-corrected chi connectivity index (χ1v) is 10.3. The van der Waals surface area contributed by atoms with Gasteiger partial charge in [-0.2, -0.15) is 0 Å². The van der Waals surface area contributed by atoms with E-state index in [0.717, 1.165) is 36.4 Å². The van der Waals surface area contributed by atoms with Crippen molar-refractivity contribution >= 4 is 17.3 Å². The zero-order chi connectivity index (χ0) is 20.5. The molecular weight excluding hydrogens is 364 g/mol. The molecule has 5 nitrogen and oxygen atoms in total. The summed E-state index contributed by atoms with van der Waals surface area (Å²) in [6.07, 6.45) is 7.51. The average Bonchev–Trinajstić information content (AvgIpc) is 3.03. The third-order valence-electron chi connectivity index (χ3n) is 5.09. The van der Waals surface area contributed by atoms with Gasteiger partial charge in [0.05, 0.1) is 18.5 Å². The standard InChI is InChI=1S/C24H30N2O3/c1-3-10-19-13-14-22(23(17-19)28-2)29-18-24(27)25-20-11-6-7-12-21(20)26-15-8-4-5-9-16-26/h3,6-7,11-14,17H,1,4-5,8-10,15-16,18H2,2H3,(H,25,27). The highest BCUT2D eigenvalue weighted by atomic mass is 16.5. The van der Waals surface area contributed by atoms with Crippen molar-refractivity contribution in [1.82, 2.24) is 0 Å². The summed E-state index contributed by atoms with van der Waals surface area (Å²) in [4.78, 5) is 14.9. The van der Waals surface area contributed by atoms with E-state index in [4.69, 9.17) is 9.47 Å². The van der Waals surface area contributed by atoms with Gasteiger partial charge in [0.25, 0.3) is 5.91 Å². The summed E-state index contributed by atoms with van der Waals surface area (Å²) < 4.78 is 11.1. The molecule has 2 aromatic rings. The molecule has 2 aromatic carbocycles. The Kier molecular flexibility index (Phi) is 7.56. The molecule has 0 unspecified atom stereocenters. The van der Waals surface area contributed by atoms with Gasteiger partial charge in [-0.3, -0.25) is 4.79 Å². The SMILES string of the molecule is C=CCc1ccc(OCC(=O)Nc2ccccc2N2CCCCCC2)c(OC)c1. The number of carbonyl (C=O) groups excluding carboxylic acids is 1. The lowest BCUT2D eigenvalue weighted by Crippen LogP contribution is -2.27. The number of anilines is 2. The van der Waals surface area contributed by atoms with Gasteiger partial charge in [0.15, 0.2) is 18.1 Å². The number of rotatable bonds is 8. The van der Waals surface area contributed by atoms with E-state index in [2.05, 4.69) is 22.9 Å². The Morgan fingerprint density at radius 3 is 2.59 bits per heavy atom. The van der Waals surface area contributed by atoms with Crippen molar-refractivity contribution in [3.05, 3.63) is 60.7 Å². The van der Waals surface area contributed by atoms with E-state index in [0.29, 0.717) is 11.5 Å². The van der Waals surface area contributed by atoms with E-state index in [1.54, 1.807) is 7.11 Å². The van der Waals surface area contributed by atoms with Crippen LogP contribution < -0.4 is 19.7 Å². The molecule has 0 aromatic heterocycles. The second kappa shape index (κ2) is 10.6. The average molecular weight is 395 g/mol. The minimum absolute atomic E-state index is 0.0779. The number of carbonyl (C=O) groups is 1. The van der Waals surface area contributed by atoms with Crippen LogP contribution in [0.15, 0.2) is 55.1 Å². The van der Waals surface area contributed by atoms with Crippen LogP contribution in [0, 0.1) is 0 Å². The molecule has 0 atom stereocenters. The Morgan fingerprint density at radius 1 is 1.10 bits per heavy atom. The largest absolute Gasteiger partial charge is 0.493 e. The number of nitrogens with zero attached hydrogens (tertiary/aromatic N) is 1. The van der Waals surface area contributed by atoms with Crippen LogP contribution >= 0.6 is 0 Å². The van der Waals surface area contributed by atoms with E-state index in [9.17, 15) is 4.79 Å². The van der Waals surface area contributed by atoms with E-state index in [-0.39, 0.29) is 12.5 Å². The summed E-state index contributed by atoms with van der Waals surface area (Å²) in [7, 11) is 1.59. The summed E-state index contributed by atoms with van der Waals surface area (Å²) in [6, 6.07) is 13.7. The lowest BCUT2D eigenvalue weighted by atomic mass is 10.1. The molecule has 0 bridgehead atoms. The Labute approximate surface area is 173 Å².